The fourth-order valence-electron chi connectivity index (χ4n) is 5.57. The third-order valence-corrected chi connectivity index (χ3v) is 10.1. The molecule has 3 unspecified atom stereocenters. The molecule has 2 amide bonds. The van der Waals surface area contributed by atoms with Crippen molar-refractivity contribution >= 4 is 23.8 Å². The lowest BCUT2D eigenvalue weighted by Gasteiger charge is -2.65. The Balaban J connectivity index is 1.58. The van der Waals surface area contributed by atoms with Crippen molar-refractivity contribution in [2.75, 3.05) is 12.4 Å². The van der Waals surface area contributed by atoms with Crippen LogP contribution in [0.4, 0.5) is 4.79 Å². The van der Waals surface area contributed by atoms with E-state index in [-0.39, 0.29) is 31.0 Å². The van der Waals surface area contributed by atoms with Gasteiger partial charge in [-0.3, -0.25) is 4.79 Å². The van der Waals surface area contributed by atoms with Gasteiger partial charge in [0.25, 0.3) is 0 Å². The highest BCUT2D eigenvalue weighted by molar-refractivity contribution is 8.00. The molecule has 32 heavy (non-hydrogen) atoms. The van der Waals surface area contributed by atoms with E-state index in [1.54, 1.807) is 6.92 Å². The van der Waals surface area contributed by atoms with Crippen LogP contribution in [-0.4, -0.2) is 84.5 Å². The molecule has 9 nitrogen and oxygen atoms in total. The van der Waals surface area contributed by atoms with E-state index in [1.165, 1.54) is 27.7 Å². The molecule has 3 rings (SSSR count). The Bertz CT molecular complexity index is 759. The zero-order valence-electron chi connectivity index (χ0n) is 19.6. The monoisotopic (exact) mass is 474 g/mol. The van der Waals surface area contributed by atoms with Gasteiger partial charge in [-0.2, -0.15) is 11.8 Å². The normalized spacial score (nSPS) is 48.2. The molecule has 1 saturated carbocycles. The summed E-state index contributed by atoms with van der Waals surface area (Å²) in [6.07, 6.45) is 2.39. The van der Waals surface area contributed by atoms with Crippen LogP contribution in [0.2, 0.25) is 0 Å². The first-order valence-electron chi connectivity index (χ1n) is 11.3. The number of aliphatic hydroxyl groups is 4. The summed E-state index contributed by atoms with van der Waals surface area (Å²) in [6.45, 7) is 6.72. The SMILES string of the molecule is CC1(O)[C@](C)(O)[C@](C)(O)C(C)(CO)C[C@]1(C)OC(=O)CCCCC1SC[C@@H]2NC(=O)N[C@H]12. The number of urea groups is 1. The van der Waals surface area contributed by atoms with E-state index in [0.29, 0.717) is 11.7 Å². The highest BCUT2D eigenvalue weighted by atomic mass is 32.2. The smallest absolute Gasteiger partial charge is 0.315 e. The molecule has 0 aromatic carbocycles. The second kappa shape index (κ2) is 8.30. The average Bonchev–Trinajstić information content (AvgIpc) is 3.23. The van der Waals surface area contributed by atoms with Crippen molar-refractivity contribution in [3.63, 3.8) is 0 Å². The lowest BCUT2D eigenvalue weighted by molar-refractivity contribution is -0.350. The standard InChI is InChI=1S/C22H38N2O7S/c1-18(12-25)11-19(2,21(4,29)22(5,30)20(18,3)28)31-15(26)9-7-6-8-14-16-13(10-32-14)23-17(27)24-16/h13-14,16,25,28-30H,6-12H2,1-5H3,(H2,23,24,27)/t13-,14?,16-,18?,19-,20+,21?,22+/m0/s1. The lowest BCUT2D eigenvalue weighted by atomic mass is 9.49. The van der Waals surface area contributed by atoms with Crippen molar-refractivity contribution in [2.45, 2.75) is 106 Å². The van der Waals surface area contributed by atoms with Gasteiger partial charge in [0.2, 0.25) is 0 Å². The second-order valence-electron chi connectivity index (χ2n) is 10.7. The topological polar surface area (TPSA) is 148 Å². The molecule has 6 N–H and O–H groups in total. The van der Waals surface area contributed by atoms with Crippen molar-refractivity contribution in [1.82, 2.24) is 10.6 Å². The summed E-state index contributed by atoms with van der Waals surface area (Å²) < 4.78 is 5.73. The minimum atomic E-state index is -2.05. The Kier molecular flexibility index (Phi) is 6.63. The van der Waals surface area contributed by atoms with E-state index in [2.05, 4.69) is 10.6 Å². The van der Waals surface area contributed by atoms with Crippen LogP contribution in [0, 0.1) is 5.41 Å². The number of aliphatic hydroxyl groups excluding tert-OH is 1. The van der Waals surface area contributed by atoms with Gasteiger partial charge in [-0.1, -0.05) is 13.3 Å². The van der Waals surface area contributed by atoms with Gasteiger partial charge in [-0.15, -0.1) is 0 Å². The Morgan fingerprint density at radius 2 is 1.72 bits per heavy atom. The van der Waals surface area contributed by atoms with Crippen molar-refractivity contribution in [1.29, 1.82) is 0 Å². The number of unbranched alkanes of at least 4 members (excludes halogenated alkanes) is 1. The predicted molar refractivity (Wildman–Crippen MR) is 120 cm³/mol. The quantitative estimate of drug-likeness (QED) is 0.179. The molecule has 3 fully saturated rings. The summed E-state index contributed by atoms with van der Waals surface area (Å²) in [5.74, 6) is 0.384. The number of hydrogen-bond donors (Lipinski definition) is 6. The number of nitrogens with one attached hydrogen (secondary N) is 2. The van der Waals surface area contributed by atoms with Crippen molar-refractivity contribution < 1.29 is 34.8 Å². The van der Waals surface area contributed by atoms with Crippen LogP contribution in [0.5, 0.6) is 0 Å². The summed E-state index contributed by atoms with van der Waals surface area (Å²) in [5.41, 5.74) is -8.56. The maximum atomic E-state index is 12.7. The lowest BCUT2D eigenvalue weighted by Crippen LogP contribution is -2.81. The summed E-state index contributed by atoms with van der Waals surface area (Å²) >= 11 is 1.82. The fourth-order valence-corrected chi connectivity index (χ4v) is 7.11. The average molecular weight is 475 g/mol. The minimum Gasteiger partial charge on any atom is -0.456 e. The van der Waals surface area contributed by atoms with Gasteiger partial charge in [0.05, 0.1) is 18.7 Å². The largest absolute Gasteiger partial charge is 0.456 e. The maximum Gasteiger partial charge on any atom is 0.315 e. The first-order valence-corrected chi connectivity index (χ1v) is 12.4. The molecular weight excluding hydrogens is 436 g/mol. The van der Waals surface area contributed by atoms with Crippen molar-refractivity contribution in [2.24, 2.45) is 5.41 Å². The Labute approximate surface area is 193 Å². The van der Waals surface area contributed by atoms with Crippen LogP contribution in [-0.2, 0) is 9.53 Å². The third kappa shape index (κ3) is 3.81. The number of hydrogen-bond acceptors (Lipinski definition) is 8. The number of ether oxygens (including phenoxy) is 1. The molecule has 2 heterocycles. The van der Waals surface area contributed by atoms with Gasteiger partial charge in [0.15, 0.2) is 0 Å². The summed E-state index contributed by atoms with van der Waals surface area (Å²) in [6, 6.07) is 0.176. The molecule has 3 aliphatic rings. The second-order valence-corrected chi connectivity index (χ2v) is 12.0. The molecule has 8 atom stereocenters. The third-order valence-electron chi connectivity index (χ3n) is 8.57. The van der Waals surface area contributed by atoms with Crippen LogP contribution in [0.1, 0.15) is 66.7 Å². The number of amides is 2. The van der Waals surface area contributed by atoms with Crippen LogP contribution in [0.3, 0.4) is 0 Å². The fraction of sp³-hybridized carbons (Fsp3) is 0.909. The molecule has 10 heteroatoms. The van der Waals surface area contributed by atoms with Crippen LogP contribution < -0.4 is 10.6 Å². The number of carbonyl (C=O) groups is 2. The molecule has 0 aromatic rings. The molecule has 0 radical (unpaired) electrons. The summed E-state index contributed by atoms with van der Waals surface area (Å²) in [4.78, 5) is 24.2. The first kappa shape index (κ1) is 25.6. The van der Waals surface area contributed by atoms with Crippen LogP contribution >= 0.6 is 11.8 Å². The van der Waals surface area contributed by atoms with E-state index in [0.717, 1.165) is 18.6 Å². The highest BCUT2D eigenvalue weighted by Crippen LogP contribution is 2.58. The van der Waals surface area contributed by atoms with Gasteiger partial charge in [0.1, 0.15) is 22.4 Å². The van der Waals surface area contributed by atoms with E-state index >= 15 is 0 Å². The molecule has 184 valence electrons. The predicted octanol–water partition coefficient (Wildman–Crippen LogP) is 0.669. The minimum absolute atomic E-state index is 0.0210. The maximum absolute atomic E-state index is 12.7. The van der Waals surface area contributed by atoms with Crippen molar-refractivity contribution in [3.8, 4) is 0 Å². The van der Waals surface area contributed by atoms with Gasteiger partial charge in [-0.25, -0.2) is 4.79 Å². The summed E-state index contributed by atoms with van der Waals surface area (Å²) in [5, 5.41) is 49.6. The Morgan fingerprint density at radius 3 is 2.34 bits per heavy atom. The number of rotatable bonds is 7. The summed E-state index contributed by atoms with van der Waals surface area (Å²) in [7, 11) is 0. The molecule has 2 saturated heterocycles. The number of carbonyl (C=O) groups excluding carboxylic acids is 2. The van der Waals surface area contributed by atoms with E-state index in [9.17, 15) is 30.0 Å². The van der Waals surface area contributed by atoms with Gasteiger partial charge in [0, 0.05) is 29.3 Å². The van der Waals surface area contributed by atoms with Gasteiger partial charge in [-0.05, 0) is 40.5 Å². The zero-order valence-corrected chi connectivity index (χ0v) is 20.4. The van der Waals surface area contributed by atoms with Gasteiger partial charge < -0.3 is 35.8 Å². The highest BCUT2D eigenvalue weighted by Gasteiger charge is 2.73. The molecule has 2 aliphatic heterocycles. The molecule has 0 spiro atoms. The number of fused-ring (bicyclic) bond motifs is 1. The van der Waals surface area contributed by atoms with Crippen LogP contribution in [0.25, 0.3) is 0 Å². The molecule has 0 aromatic heterocycles. The number of thioether (sulfide) groups is 1. The van der Waals surface area contributed by atoms with Crippen molar-refractivity contribution in [3.05, 3.63) is 0 Å². The van der Waals surface area contributed by atoms with E-state index in [1.807, 2.05) is 11.8 Å². The number of esters is 1. The van der Waals surface area contributed by atoms with E-state index < -0.39 is 40.4 Å². The Morgan fingerprint density at radius 1 is 1.06 bits per heavy atom. The Hall–Kier alpha value is -1.07. The van der Waals surface area contributed by atoms with Gasteiger partial charge >= 0.3 is 12.0 Å². The first-order chi connectivity index (χ1) is 14.6. The molecule has 1 aliphatic carbocycles. The zero-order chi connectivity index (χ0) is 24.2. The van der Waals surface area contributed by atoms with Crippen LogP contribution in [0.15, 0.2) is 0 Å². The van der Waals surface area contributed by atoms with E-state index in [4.69, 9.17) is 4.74 Å². The molecule has 0 bridgehead atoms. The molecular formula is C22H38N2O7S.